The van der Waals surface area contributed by atoms with E-state index in [1.165, 1.54) is 4.68 Å². The molecule has 1 saturated carbocycles. The highest BCUT2D eigenvalue weighted by atomic mass is 32.2. The fraction of sp³-hybridized carbons (Fsp3) is 0.522. The Bertz CT molecular complexity index is 1090. The second-order valence-electron chi connectivity index (χ2n) is 8.43. The van der Waals surface area contributed by atoms with Crippen LogP contribution >= 0.6 is 0 Å². The summed E-state index contributed by atoms with van der Waals surface area (Å²) < 4.78 is 36.5. The molecule has 178 valence electrons. The van der Waals surface area contributed by atoms with Crippen LogP contribution in [0.4, 0.5) is 0 Å². The first-order chi connectivity index (χ1) is 15.9. The summed E-state index contributed by atoms with van der Waals surface area (Å²) in [5, 5.41) is 4.31. The van der Waals surface area contributed by atoms with Gasteiger partial charge in [-0.2, -0.15) is 5.10 Å². The van der Waals surface area contributed by atoms with Crippen molar-refractivity contribution in [2.45, 2.75) is 51.1 Å². The van der Waals surface area contributed by atoms with E-state index in [1.807, 2.05) is 30.3 Å². The molecule has 33 heavy (non-hydrogen) atoms. The summed E-state index contributed by atoms with van der Waals surface area (Å²) in [5.41, 5.74) is 0.720. The molecule has 2 fully saturated rings. The summed E-state index contributed by atoms with van der Waals surface area (Å²) in [4.78, 5) is 27.4. The van der Waals surface area contributed by atoms with E-state index in [0.29, 0.717) is 6.42 Å². The molecule has 2 aliphatic rings. The highest BCUT2D eigenvalue weighted by Gasteiger charge is 2.39. The van der Waals surface area contributed by atoms with Gasteiger partial charge < -0.3 is 14.4 Å². The summed E-state index contributed by atoms with van der Waals surface area (Å²) in [5.74, 6) is -0.660. The van der Waals surface area contributed by atoms with Crippen molar-refractivity contribution in [2.75, 3.05) is 24.7 Å². The summed E-state index contributed by atoms with van der Waals surface area (Å²) >= 11 is 0. The fourth-order valence-electron chi connectivity index (χ4n) is 4.61. The lowest BCUT2D eigenvalue weighted by Crippen LogP contribution is -2.48. The number of aromatic nitrogens is 2. The quantitative estimate of drug-likeness (QED) is 0.540. The van der Waals surface area contributed by atoms with Crippen molar-refractivity contribution in [1.82, 2.24) is 14.7 Å². The summed E-state index contributed by atoms with van der Waals surface area (Å²) in [6, 6.07) is 8.93. The van der Waals surface area contributed by atoms with Crippen LogP contribution in [0, 0.1) is 0 Å². The van der Waals surface area contributed by atoms with Gasteiger partial charge in [0.1, 0.15) is 0 Å². The van der Waals surface area contributed by atoms with E-state index in [4.69, 9.17) is 9.47 Å². The van der Waals surface area contributed by atoms with Gasteiger partial charge in [0.15, 0.2) is 22.2 Å². The number of amides is 1. The molecule has 0 radical (unpaired) electrons. The number of benzene rings is 1. The van der Waals surface area contributed by atoms with Crippen LogP contribution in [0.15, 0.2) is 36.5 Å². The average Bonchev–Trinajstić information content (AvgIpc) is 3.54. The molecule has 2 aromatic rings. The molecule has 1 amide bonds. The van der Waals surface area contributed by atoms with Crippen LogP contribution < -0.4 is 4.74 Å². The molecule has 1 aliphatic heterocycles. The molecule has 1 aromatic carbocycles. The Hall–Kier alpha value is -2.88. The van der Waals surface area contributed by atoms with Gasteiger partial charge in [-0.3, -0.25) is 4.79 Å². The predicted octanol–water partition coefficient (Wildman–Crippen LogP) is 2.39. The van der Waals surface area contributed by atoms with E-state index in [9.17, 15) is 18.0 Å². The number of rotatable bonds is 8. The Kier molecular flexibility index (Phi) is 7.02. The number of nitrogens with zero attached hydrogens (tertiary/aromatic N) is 3. The number of hydrogen-bond acceptors (Lipinski definition) is 7. The van der Waals surface area contributed by atoms with Gasteiger partial charge in [0.25, 0.3) is 5.91 Å². The van der Waals surface area contributed by atoms with Crippen molar-refractivity contribution in [3.63, 3.8) is 0 Å². The zero-order chi connectivity index (χ0) is 23.4. The first kappa shape index (κ1) is 23.3. The third-order valence-corrected chi connectivity index (χ3v) is 7.88. The van der Waals surface area contributed by atoms with Crippen molar-refractivity contribution < 1.29 is 27.5 Å². The van der Waals surface area contributed by atoms with Crippen molar-refractivity contribution in [3.8, 4) is 11.4 Å². The Morgan fingerprint density at radius 1 is 1.12 bits per heavy atom. The highest BCUT2D eigenvalue weighted by Crippen LogP contribution is 2.29. The van der Waals surface area contributed by atoms with Crippen LogP contribution in [0.1, 0.15) is 49.5 Å². The van der Waals surface area contributed by atoms with Crippen LogP contribution in [0.3, 0.4) is 0 Å². The van der Waals surface area contributed by atoms with Gasteiger partial charge in [-0.15, -0.1) is 0 Å². The number of para-hydroxylation sites is 1. The van der Waals surface area contributed by atoms with Crippen molar-refractivity contribution in [3.05, 3.63) is 42.2 Å². The molecular formula is C23H29N3O6S. The second-order valence-corrected chi connectivity index (χ2v) is 10.7. The van der Waals surface area contributed by atoms with Gasteiger partial charge in [0.05, 0.1) is 30.0 Å². The molecule has 9 nitrogen and oxygen atoms in total. The largest absolute Gasteiger partial charge is 0.480 e. The third-order valence-electron chi connectivity index (χ3n) is 6.13. The lowest BCUT2D eigenvalue weighted by Gasteiger charge is -2.34. The first-order valence-corrected chi connectivity index (χ1v) is 13.2. The Labute approximate surface area is 193 Å². The molecule has 0 N–H and O–H groups in total. The smallest absolute Gasteiger partial charge is 0.362 e. The molecule has 1 unspecified atom stereocenters. The van der Waals surface area contributed by atoms with Crippen molar-refractivity contribution >= 4 is 21.7 Å². The molecule has 4 rings (SSSR count). The van der Waals surface area contributed by atoms with Crippen molar-refractivity contribution in [1.29, 1.82) is 0 Å². The van der Waals surface area contributed by atoms with Gasteiger partial charge >= 0.3 is 5.97 Å². The molecule has 10 heteroatoms. The first-order valence-electron chi connectivity index (χ1n) is 11.3. The topological polar surface area (TPSA) is 108 Å². The van der Waals surface area contributed by atoms with E-state index in [-0.39, 0.29) is 54.2 Å². The minimum atomic E-state index is -3.13. The number of hydrogen-bond donors (Lipinski definition) is 0. The number of carbonyl (C=O) groups is 2. The van der Waals surface area contributed by atoms with Gasteiger partial charge in [-0.05, 0) is 38.3 Å². The summed E-state index contributed by atoms with van der Waals surface area (Å²) in [6.45, 7) is 1.58. The fourth-order valence-corrected chi connectivity index (χ4v) is 6.33. The van der Waals surface area contributed by atoms with Gasteiger partial charge in [0, 0.05) is 12.1 Å². The van der Waals surface area contributed by atoms with Gasteiger partial charge in [-0.1, -0.05) is 31.0 Å². The average molecular weight is 476 g/mol. The number of ether oxygens (including phenoxy) is 2. The minimum absolute atomic E-state index is 0.00471. The molecule has 1 saturated heterocycles. The van der Waals surface area contributed by atoms with Crippen LogP contribution in [-0.4, -0.2) is 71.8 Å². The number of sulfone groups is 1. The number of carbonyl (C=O) groups excluding carboxylic acids is 2. The van der Waals surface area contributed by atoms with Crippen LogP contribution in [0.25, 0.3) is 5.69 Å². The van der Waals surface area contributed by atoms with Crippen molar-refractivity contribution in [2.24, 2.45) is 0 Å². The molecule has 1 aliphatic carbocycles. The maximum absolute atomic E-state index is 13.2. The van der Waals surface area contributed by atoms with Crippen LogP contribution in [0.2, 0.25) is 0 Å². The van der Waals surface area contributed by atoms with E-state index < -0.39 is 15.8 Å². The Morgan fingerprint density at radius 2 is 1.85 bits per heavy atom. The SMILES string of the molecule is CCOC(=O)c1nn(-c2ccccc2)cc1OCC(=O)N(C1CCCC1)C1CCS(=O)(=O)C1. The molecule has 1 aromatic heterocycles. The predicted molar refractivity (Wildman–Crippen MR) is 121 cm³/mol. The zero-order valence-corrected chi connectivity index (χ0v) is 19.5. The van der Waals surface area contributed by atoms with Crippen LogP contribution in [-0.2, 0) is 19.4 Å². The Morgan fingerprint density at radius 3 is 2.48 bits per heavy atom. The third kappa shape index (κ3) is 5.38. The van der Waals surface area contributed by atoms with E-state index in [0.717, 1.165) is 31.4 Å². The molecule has 0 spiro atoms. The maximum atomic E-state index is 13.2. The molecule has 1 atom stereocenters. The standard InChI is InChI=1S/C23H29N3O6S/c1-2-31-23(28)22-20(14-25(24-22)17-8-4-3-5-9-17)32-15-21(27)26(18-10-6-7-11-18)19-12-13-33(29,30)16-19/h3-5,8-9,14,18-19H,2,6-7,10-13,15-16H2,1H3. The normalized spacial score (nSPS) is 20.0. The minimum Gasteiger partial charge on any atom is -0.480 e. The molecule has 0 bridgehead atoms. The lowest BCUT2D eigenvalue weighted by atomic mass is 10.1. The zero-order valence-electron chi connectivity index (χ0n) is 18.7. The highest BCUT2D eigenvalue weighted by molar-refractivity contribution is 7.91. The molecular weight excluding hydrogens is 446 g/mol. The van der Waals surface area contributed by atoms with Gasteiger partial charge in [0.2, 0.25) is 5.69 Å². The van der Waals surface area contributed by atoms with E-state index in [1.54, 1.807) is 18.0 Å². The number of esters is 1. The summed E-state index contributed by atoms with van der Waals surface area (Å²) in [7, 11) is -3.13. The van der Waals surface area contributed by atoms with Gasteiger partial charge in [-0.25, -0.2) is 17.9 Å². The van der Waals surface area contributed by atoms with E-state index >= 15 is 0 Å². The lowest BCUT2D eigenvalue weighted by molar-refractivity contribution is -0.137. The van der Waals surface area contributed by atoms with Crippen LogP contribution in [0.5, 0.6) is 5.75 Å². The maximum Gasteiger partial charge on any atom is 0.362 e. The Balaban J connectivity index is 1.54. The summed E-state index contributed by atoms with van der Waals surface area (Å²) in [6.07, 6.45) is 5.77. The molecule has 2 heterocycles. The monoisotopic (exact) mass is 475 g/mol. The second kappa shape index (κ2) is 9.94. The van der Waals surface area contributed by atoms with E-state index in [2.05, 4.69) is 5.10 Å².